The van der Waals surface area contributed by atoms with Crippen molar-refractivity contribution in [3.63, 3.8) is 0 Å². The van der Waals surface area contributed by atoms with Crippen LogP contribution in [0.25, 0.3) is 10.9 Å². The first kappa shape index (κ1) is 28.1. The Morgan fingerprint density at radius 2 is 1.85 bits per heavy atom. The van der Waals surface area contributed by atoms with Crippen LogP contribution in [0.1, 0.15) is 47.6 Å². The maximum atomic E-state index is 15.3. The van der Waals surface area contributed by atoms with Crippen LogP contribution in [0.5, 0.6) is 5.75 Å². The second kappa shape index (κ2) is 10.8. The van der Waals surface area contributed by atoms with Crippen LogP contribution in [0.2, 0.25) is 0 Å². The lowest BCUT2D eigenvalue weighted by molar-refractivity contribution is 0.0694. The number of anilines is 1. The first-order valence-corrected chi connectivity index (χ1v) is 14.6. The predicted octanol–water partition coefficient (Wildman–Crippen LogP) is 3.61. The van der Waals surface area contributed by atoms with E-state index >= 15 is 4.39 Å². The second-order valence-corrected chi connectivity index (χ2v) is 12.0. The maximum absolute atomic E-state index is 15.3. The minimum atomic E-state index is -4.02. The van der Waals surface area contributed by atoms with Crippen molar-refractivity contribution in [2.45, 2.75) is 49.6 Å². The molecule has 3 fully saturated rings. The van der Waals surface area contributed by atoms with E-state index in [1.54, 1.807) is 16.7 Å². The lowest BCUT2D eigenvalue weighted by Gasteiger charge is -2.25. The zero-order chi connectivity index (χ0) is 28.8. The van der Waals surface area contributed by atoms with Crippen molar-refractivity contribution >= 4 is 32.7 Å². The fourth-order valence-corrected chi connectivity index (χ4v) is 6.14. The van der Waals surface area contributed by atoms with Gasteiger partial charge in [-0.05, 0) is 63.3 Å². The van der Waals surface area contributed by atoms with Gasteiger partial charge < -0.3 is 24.6 Å². The Hall–Kier alpha value is -3.48. The molecule has 0 spiro atoms. The SMILES string of the molecule is COc1c(N2C[C@@H]3CCCN[C@@H]3C2)c(F)cc2c(=O)c(C(=O)O)cn(C3CC3)c12.Cc1ccc(S(=O)(=O)O)cc1. The molecule has 6 rings (SSSR count). The molecule has 0 bridgehead atoms. The fraction of sp³-hybridized carbons (Fsp3) is 0.429. The molecule has 1 aromatic heterocycles. The van der Waals surface area contributed by atoms with Gasteiger partial charge in [-0.25, -0.2) is 9.18 Å². The number of halogens is 1. The topological polar surface area (TPSA) is 138 Å². The van der Waals surface area contributed by atoms with Gasteiger partial charge in [0.2, 0.25) is 5.43 Å². The molecule has 1 saturated carbocycles. The molecular formula is C28H32FN3O7S. The van der Waals surface area contributed by atoms with E-state index in [-0.39, 0.29) is 21.9 Å². The number of methoxy groups -OCH3 is 1. The van der Waals surface area contributed by atoms with Crippen molar-refractivity contribution in [1.82, 2.24) is 9.88 Å². The molecule has 2 saturated heterocycles. The zero-order valence-corrected chi connectivity index (χ0v) is 23.1. The van der Waals surface area contributed by atoms with Gasteiger partial charge in [0.15, 0.2) is 11.6 Å². The number of nitrogens with one attached hydrogen (secondary N) is 1. The number of aryl methyl sites for hydroxylation is 1. The van der Waals surface area contributed by atoms with Gasteiger partial charge in [0.25, 0.3) is 10.1 Å². The molecule has 40 heavy (non-hydrogen) atoms. The van der Waals surface area contributed by atoms with Gasteiger partial charge in [0.1, 0.15) is 11.3 Å². The first-order valence-electron chi connectivity index (χ1n) is 13.2. The molecule has 0 unspecified atom stereocenters. The standard InChI is InChI=1S/C21H24FN3O4.C7H8O3S/c1-29-20-17-13(19(26)14(21(27)28)9-25(17)12-4-5-12)7-15(22)18(20)24-8-11-3-2-6-23-16(11)10-24;1-6-2-4-7(5-3-6)11(8,9)10/h7,9,11-12,16,23H,2-6,8,10H2,1H3,(H,27,28);2-5H,1H3,(H,8,9,10)/t11-,16+;/m0./s1. The van der Waals surface area contributed by atoms with E-state index in [0.29, 0.717) is 35.5 Å². The van der Waals surface area contributed by atoms with Gasteiger partial charge in [-0.15, -0.1) is 0 Å². The van der Waals surface area contributed by atoms with Crippen LogP contribution in [0.4, 0.5) is 10.1 Å². The van der Waals surface area contributed by atoms with Crippen LogP contribution in [-0.2, 0) is 10.1 Å². The number of pyridine rings is 1. The number of rotatable bonds is 5. The van der Waals surface area contributed by atoms with Gasteiger partial charge >= 0.3 is 5.97 Å². The number of piperidine rings is 1. The number of ether oxygens (including phenoxy) is 1. The third kappa shape index (κ3) is 5.43. The van der Waals surface area contributed by atoms with Crippen LogP contribution in [0.15, 0.2) is 46.2 Å². The summed E-state index contributed by atoms with van der Waals surface area (Å²) in [6.07, 6.45) is 5.40. The smallest absolute Gasteiger partial charge is 0.341 e. The molecule has 3 aromatic rings. The highest BCUT2D eigenvalue weighted by atomic mass is 32.2. The average Bonchev–Trinajstić information content (AvgIpc) is 3.66. The Kier molecular flexibility index (Phi) is 7.60. The zero-order valence-electron chi connectivity index (χ0n) is 22.3. The van der Waals surface area contributed by atoms with E-state index in [1.165, 1.54) is 31.5 Å². The number of carboxylic acid groups (broad SMARTS) is 1. The molecule has 3 N–H and O–H groups in total. The molecule has 214 valence electrons. The Morgan fingerprint density at radius 3 is 2.42 bits per heavy atom. The molecular weight excluding hydrogens is 541 g/mol. The number of nitrogens with zero attached hydrogens (tertiary/aromatic N) is 2. The minimum Gasteiger partial charge on any atom is -0.492 e. The number of carbonyl (C=O) groups is 1. The normalized spacial score (nSPS) is 20.6. The van der Waals surface area contributed by atoms with Crippen molar-refractivity contribution in [2.75, 3.05) is 31.6 Å². The summed E-state index contributed by atoms with van der Waals surface area (Å²) >= 11 is 0. The lowest BCUT2D eigenvalue weighted by atomic mass is 9.94. The summed E-state index contributed by atoms with van der Waals surface area (Å²) < 4.78 is 52.3. The summed E-state index contributed by atoms with van der Waals surface area (Å²) in [5, 5.41) is 13.0. The van der Waals surface area contributed by atoms with E-state index in [2.05, 4.69) is 5.32 Å². The molecule has 1 aliphatic carbocycles. The van der Waals surface area contributed by atoms with Gasteiger partial charge in [-0.3, -0.25) is 9.35 Å². The van der Waals surface area contributed by atoms with E-state index < -0.39 is 27.3 Å². The number of carboxylic acids is 1. The third-order valence-corrected chi connectivity index (χ3v) is 8.68. The lowest BCUT2D eigenvalue weighted by Crippen LogP contribution is -2.40. The number of hydrogen-bond acceptors (Lipinski definition) is 7. The quantitative estimate of drug-likeness (QED) is 0.391. The Bertz CT molecular complexity index is 1600. The van der Waals surface area contributed by atoms with Crippen molar-refractivity contribution in [2.24, 2.45) is 5.92 Å². The van der Waals surface area contributed by atoms with Crippen LogP contribution in [0.3, 0.4) is 0 Å². The average molecular weight is 574 g/mol. The summed E-state index contributed by atoms with van der Waals surface area (Å²) in [5.74, 6) is -1.07. The van der Waals surface area contributed by atoms with Crippen LogP contribution < -0.4 is 20.4 Å². The van der Waals surface area contributed by atoms with Crippen molar-refractivity contribution in [1.29, 1.82) is 0 Å². The van der Waals surface area contributed by atoms with Gasteiger partial charge in [-0.1, -0.05) is 17.7 Å². The first-order chi connectivity index (χ1) is 19.0. The van der Waals surface area contributed by atoms with Crippen molar-refractivity contribution < 1.29 is 32.0 Å². The predicted molar refractivity (Wildman–Crippen MR) is 148 cm³/mol. The summed E-state index contributed by atoms with van der Waals surface area (Å²) in [4.78, 5) is 26.3. The highest BCUT2D eigenvalue weighted by Crippen LogP contribution is 2.45. The van der Waals surface area contributed by atoms with E-state index in [9.17, 15) is 23.1 Å². The maximum Gasteiger partial charge on any atom is 0.341 e. The molecule has 3 aliphatic rings. The Morgan fingerprint density at radius 1 is 1.15 bits per heavy atom. The molecule has 10 nitrogen and oxygen atoms in total. The molecule has 0 radical (unpaired) electrons. The molecule has 2 atom stereocenters. The number of hydrogen-bond donors (Lipinski definition) is 3. The highest BCUT2D eigenvalue weighted by Gasteiger charge is 2.38. The number of fused-ring (bicyclic) bond motifs is 2. The van der Waals surface area contributed by atoms with Crippen LogP contribution in [0, 0.1) is 18.7 Å². The molecule has 2 aromatic carbocycles. The van der Waals surface area contributed by atoms with E-state index in [1.807, 2.05) is 11.8 Å². The van der Waals surface area contributed by atoms with E-state index in [4.69, 9.17) is 9.29 Å². The van der Waals surface area contributed by atoms with E-state index in [0.717, 1.165) is 44.3 Å². The van der Waals surface area contributed by atoms with Gasteiger partial charge in [-0.2, -0.15) is 8.42 Å². The van der Waals surface area contributed by atoms with Gasteiger partial charge in [0.05, 0.1) is 22.9 Å². The van der Waals surface area contributed by atoms with Gasteiger partial charge in [0, 0.05) is 31.4 Å². The summed E-state index contributed by atoms with van der Waals surface area (Å²) in [6.45, 7) is 4.24. The highest BCUT2D eigenvalue weighted by molar-refractivity contribution is 7.85. The summed E-state index contributed by atoms with van der Waals surface area (Å²) in [7, 11) is -2.54. The minimum absolute atomic E-state index is 0.0599. The second-order valence-electron chi connectivity index (χ2n) is 10.6. The van der Waals surface area contributed by atoms with Crippen LogP contribution >= 0.6 is 0 Å². The summed E-state index contributed by atoms with van der Waals surface area (Å²) in [6, 6.07) is 7.60. The largest absolute Gasteiger partial charge is 0.492 e. The number of aromatic carboxylic acids is 1. The monoisotopic (exact) mass is 573 g/mol. The van der Waals surface area contributed by atoms with Crippen LogP contribution in [-0.4, -0.2) is 61.4 Å². The number of benzene rings is 2. The third-order valence-electron chi connectivity index (χ3n) is 7.81. The number of aromatic nitrogens is 1. The fourth-order valence-electron chi connectivity index (χ4n) is 5.66. The Balaban J connectivity index is 0.000000248. The molecule has 12 heteroatoms. The van der Waals surface area contributed by atoms with Crippen molar-refractivity contribution in [3.8, 4) is 5.75 Å². The molecule has 3 heterocycles. The molecule has 2 aliphatic heterocycles. The Labute approximate surface area is 231 Å². The van der Waals surface area contributed by atoms with Crippen molar-refractivity contribution in [3.05, 3.63) is 63.7 Å². The molecule has 0 amide bonds. The summed E-state index contributed by atoms with van der Waals surface area (Å²) in [5.41, 5.74) is 0.801.